The molecular formula is C57H61N3. The highest BCUT2D eigenvalue weighted by atomic mass is 15.0. The molecular weight excluding hydrogens is 727 g/mol. The second-order valence-corrected chi connectivity index (χ2v) is 17.5. The summed E-state index contributed by atoms with van der Waals surface area (Å²) in [6.45, 7) is 19.8. The van der Waals surface area contributed by atoms with Gasteiger partial charge in [-0.05, 0) is 130 Å². The zero-order valence-electron chi connectivity index (χ0n) is 36.9. The minimum absolute atomic E-state index is 0.352. The van der Waals surface area contributed by atoms with Crippen LogP contribution < -0.4 is 0 Å². The lowest BCUT2D eigenvalue weighted by Crippen LogP contribution is -2.36. The standard InChI is InChI=1S/C57H61N3/c1-9-12-14-20-39(6)60-52-24-18-17-23-49(52)50-34-32-47(36-53(50)60)38(5)35-51-41(8)58-57(59-56(51)42(11-3)21-13-10-2)46-29-25-43(26-30-46)48-33-31-45-28-27-44-22-16-15-19-37(4)54(44)55(45)40(48)7/h9,12,14,17-20,23-26,29-36,40,42,44,54-55H,1,10-11,13,21-22,27-28H2,2-8H3/b14-12-,38-35+,39-20+. The van der Waals surface area contributed by atoms with Gasteiger partial charge in [0.1, 0.15) is 0 Å². The van der Waals surface area contributed by atoms with Crippen molar-refractivity contribution in [3.63, 3.8) is 0 Å². The summed E-state index contributed by atoms with van der Waals surface area (Å²) in [4.78, 5) is 10.7. The summed E-state index contributed by atoms with van der Waals surface area (Å²) < 4.78 is 2.38. The second kappa shape index (κ2) is 17.9. The summed E-state index contributed by atoms with van der Waals surface area (Å²) in [7, 11) is 0. The summed E-state index contributed by atoms with van der Waals surface area (Å²) >= 11 is 0. The average molecular weight is 788 g/mol. The molecule has 1 saturated carbocycles. The van der Waals surface area contributed by atoms with Crippen LogP contribution in [0.4, 0.5) is 0 Å². The van der Waals surface area contributed by atoms with Crippen LogP contribution in [0, 0.1) is 42.4 Å². The molecule has 3 nitrogen and oxygen atoms in total. The van der Waals surface area contributed by atoms with Crippen molar-refractivity contribution in [2.75, 3.05) is 0 Å². The second-order valence-electron chi connectivity index (χ2n) is 17.5. The predicted octanol–water partition coefficient (Wildman–Crippen LogP) is 15.4. The zero-order chi connectivity index (χ0) is 41.9. The van der Waals surface area contributed by atoms with E-state index in [1.54, 1.807) is 5.57 Å². The van der Waals surface area contributed by atoms with Crippen LogP contribution in [0.25, 0.3) is 56.1 Å². The van der Waals surface area contributed by atoms with Crippen molar-refractivity contribution in [2.24, 2.45) is 23.7 Å². The number of aryl methyl sites for hydroxylation is 1. The summed E-state index contributed by atoms with van der Waals surface area (Å²) in [6.07, 6.45) is 25.4. The third-order valence-corrected chi connectivity index (χ3v) is 13.8. The molecule has 0 bridgehead atoms. The largest absolute Gasteiger partial charge is 0.313 e. The first-order valence-electron chi connectivity index (χ1n) is 22.5. The van der Waals surface area contributed by atoms with Crippen molar-refractivity contribution >= 4 is 44.7 Å². The fraction of sp³-hybridized carbons (Fsp3) is 0.333. The fourth-order valence-corrected chi connectivity index (χ4v) is 10.5. The quantitative estimate of drug-likeness (QED) is 0.0931. The number of aromatic nitrogens is 3. The van der Waals surface area contributed by atoms with Gasteiger partial charge in [-0.15, -0.1) is 0 Å². The monoisotopic (exact) mass is 787 g/mol. The number of para-hydroxylation sites is 1. The molecule has 0 aliphatic heterocycles. The molecule has 60 heavy (non-hydrogen) atoms. The smallest absolute Gasteiger partial charge is 0.159 e. The van der Waals surface area contributed by atoms with E-state index in [1.807, 2.05) is 12.2 Å². The van der Waals surface area contributed by atoms with Crippen molar-refractivity contribution in [1.29, 1.82) is 0 Å². The molecule has 2 heterocycles. The number of unbranched alkanes of at least 4 members (excludes halogenated alkanes) is 1. The van der Waals surface area contributed by atoms with E-state index in [9.17, 15) is 0 Å². The van der Waals surface area contributed by atoms with E-state index in [0.717, 1.165) is 47.6 Å². The van der Waals surface area contributed by atoms with Gasteiger partial charge in [-0.25, -0.2) is 9.97 Å². The molecule has 0 spiro atoms. The Morgan fingerprint density at radius 1 is 0.917 bits per heavy atom. The number of hydrogen-bond acceptors (Lipinski definition) is 2. The van der Waals surface area contributed by atoms with Gasteiger partial charge in [-0.2, -0.15) is 0 Å². The first-order chi connectivity index (χ1) is 29.2. The van der Waals surface area contributed by atoms with Crippen LogP contribution in [0.1, 0.15) is 120 Å². The SMILES string of the molecule is C=C/C=C\C=C(/C)n1c2ccccc2c2ccc(/C(C)=C/c3c(C)nc(-c4ccc(C5=CC=C6CCC7CC#CC=C(C)C7C6C5C)cc4)nc3C(CC)CCCC)cc21. The van der Waals surface area contributed by atoms with Gasteiger partial charge in [0, 0.05) is 45.6 Å². The van der Waals surface area contributed by atoms with E-state index >= 15 is 0 Å². The Bertz CT molecular complexity index is 2690. The Morgan fingerprint density at radius 2 is 1.70 bits per heavy atom. The molecule has 304 valence electrons. The van der Waals surface area contributed by atoms with Crippen LogP contribution in [0.15, 0.2) is 127 Å². The van der Waals surface area contributed by atoms with Crippen molar-refractivity contribution in [3.8, 4) is 23.2 Å². The van der Waals surface area contributed by atoms with Crippen LogP contribution in [-0.4, -0.2) is 14.5 Å². The van der Waals surface area contributed by atoms with E-state index in [1.165, 1.54) is 81.0 Å². The molecule has 0 saturated heterocycles. The summed E-state index contributed by atoms with van der Waals surface area (Å²) in [5.74, 6) is 10.1. The molecule has 8 rings (SSSR count). The van der Waals surface area contributed by atoms with Crippen LogP contribution >= 0.6 is 0 Å². The summed E-state index contributed by atoms with van der Waals surface area (Å²) in [5.41, 5.74) is 16.2. The van der Waals surface area contributed by atoms with E-state index < -0.39 is 0 Å². The number of rotatable bonds is 12. The van der Waals surface area contributed by atoms with E-state index in [-0.39, 0.29) is 0 Å². The highest BCUT2D eigenvalue weighted by Gasteiger charge is 2.42. The maximum Gasteiger partial charge on any atom is 0.159 e. The minimum atomic E-state index is 0.352. The number of nitrogens with zero attached hydrogens (tertiary/aromatic N) is 3. The van der Waals surface area contributed by atoms with Crippen molar-refractivity contribution in [2.45, 2.75) is 99.3 Å². The Kier molecular flexibility index (Phi) is 12.2. The topological polar surface area (TPSA) is 30.7 Å². The molecule has 3 aliphatic rings. The van der Waals surface area contributed by atoms with Crippen molar-refractivity contribution < 1.29 is 0 Å². The Hall–Kier alpha value is -5.72. The number of fused-ring (bicyclic) bond motifs is 6. The van der Waals surface area contributed by atoms with E-state index in [2.05, 4.69) is 175 Å². The van der Waals surface area contributed by atoms with Crippen LogP contribution in [0.5, 0.6) is 0 Å². The van der Waals surface area contributed by atoms with Gasteiger partial charge in [-0.3, -0.25) is 0 Å². The molecule has 0 amide bonds. The molecule has 5 atom stereocenters. The van der Waals surface area contributed by atoms with Crippen molar-refractivity contribution in [1.82, 2.24) is 14.5 Å². The maximum absolute atomic E-state index is 5.48. The van der Waals surface area contributed by atoms with Gasteiger partial charge in [0.2, 0.25) is 0 Å². The maximum atomic E-state index is 5.48. The number of hydrogen-bond donors (Lipinski definition) is 0. The van der Waals surface area contributed by atoms with E-state index in [0.29, 0.717) is 29.6 Å². The van der Waals surface area contributed by atoms with Gasteiger partial charge < -0.3 is 4.57 Å². The molecule has 0 N–H and O–H groups in total. The predicted molar refractivity (Wildman–Crippen MR) is 258 cm³/mol. The lowest BCUT2D eigenvalue weighted by molar-refractivity contribution is 0.211. The molecule has 5 aromatic rings. The first kappa shape index (κ1) is 41.0. The average Bonchev–Trinajstić information content (AvgIpc) is 3.47. The third kappa shape index (κ3) is 7.86. The lowest BCUT2D eigenvalue weighted by Gasteiger charge is -2.45. The molecule has 2 aromatic heterocycles. The fourth-order valence-electron chi connectivity index (χ4n) is 10.5. The van der Waals surface area contributed by atoms with Gasteiger partial charge in [0.25, 0.3) is 0 Å². The van der Waals surface area contributed by atoms with Gasteiger partial charge in [-0.1, -0.05) is 148 Å². The Morgan fingerprint density at radius 3 is 2.48 bits per heavy atom. The molecule has 5 unspecified atom stereocenters. The molecule has 3 heteroatoms. The third-order valence-electron chi connectivity index (χ3n) is 13.8. The van der Waals surface area contributed by atoms with E-state index in [4.69, 9.17) is 9.97 Å². The van der Waals surface area contributed by atoms with Crippen LogP contribution in [0.3, 0.4) is 0 Å². The molecule has 3 aromatic carbocycles. The number of allylic oxidation sites excluding steroid dienone is 12. The van der Waals surface area contributed by atoms with Crippen molar-refractivity contribution in [3.05, 3.63) is 155 Å². The van der Waals surface area contributed by atoms with Gasteiger partial charge >= 0.3 is 0 Å². The Balaban J connectivity index is 1.15. The highest BCUT2D eigenvalue weighted by Crippen LogP contribution is 2.52. The minimum Gasteiger partial charge on any atom is -0.313 e. The molecule has 1 fully saturated rings. The normalized spacial score (nSPS) is 21.1. The molecule has 3 aliphatic carbocycles. The zero-order valence-corrected chi connectivity index (χ0v) is 36.9. The lowest BCUT2D eigenvalue weighted by atomic mass is 9.59. The van der Waals surface area contributed by atoms with Gasteiger partial charge in [0.15, 0.2) is 5.82 Å². The van der Waals surface area contributed by atoms with Crippen LogP contribution in [-0.2, 0) is 0 Å². The Labute approximate surface area is 359 Å². The molecule has 0 radical (unpaired) electrons. The van der Waals surface area contributed by atoms with Crippen LogP contribution in [0.2, 0.25) is 0 Å². The summed E-state index contributed by atoms with van der Waals surface area (Å²) in [6, 6.07) is 24.7. The van der Waals surface area contributed by atoms with Gasteiger partial charge in [0.05, 0.1) is 16.7 Å². The highest BCUT2D eigenvalue weighted by molar-refractivity contribution is 6.10. The number of benzene rings is 3. The summed E-state index contributed by atoms with van der Waals surface area (Å²) in [5, 5.41) is 2.51. The first-order valence-corrected chi connectivity index (χ1v) is 22.5.